The number of ether oxygens (including phenoxy) is 2. The molecule has 4 fully saturated rings. The smallest absolute Gasteiger partial charge is 0.158 e. The molecule has 2 bridgehead atoms. The van der Waals surface area contributed by atoms with E-state index in [1.165, 1.54) is 5.57 Å². The zero-order chi connectivity index (χ0) is 19.9. The molecular formula is C24H34O4. The Morgan fingerprint density at radius 1 is 1.18 bits per heavy atom. The molecule has 0 aromatic heterocycles. The number of hydrogen-bond donors (Lipinski definition) is 0. The lowest BCUT2D eigenvalue weighted by Crippen LogP contribution is -2.63. The van der Waals surface area contributed by atoms with Crippen LogP contribution in [0, 0.1) is 28.6 Å². The van der Waals surface area contributed by atoms with Crippen molar-refractivity contribution in [1.29, 1.82) is 0 Å². The highest BCUT2D eigenvalue weighted by molar-refractivity contribution is 5.91. The number of hydrogen-bond acceptors (Lipinski definition) is 4. The van der Waals surface area contributed by atoms with Crippen molar-refractivity contribution in [2.24, 2.45) is 28.6 Å². The Morgan fingerprint density at radius 3 is 2.68 bits per heavy atom. The van der Waals surface area contributed by atoms with Gasteiger partial charge in [-0.15, -0.1) is 0 Å². The molecule has 0 aromatic rings. The van der Waals surface area contributed by atoms with Crippen molar-refractivity contribution in [3.8, 4) is 0 Å². The van der Waals surface area contributed by atoms with Crippen molar-refractivity contribution < 1.29 is 19.1 Å². The summed E-state index contributed by atoms with van der Waals surface area (Å²) in [5, 5.41) is 0. The van der Waals surface area contributed by atoms with Gasteiger partial charge in [-0.25, -0.2) is 0 Å². The molecule has 0 radical (unpaired) electrons. The van der Waals surface area contributed by atoms with Gasteiger partial charge in [0, 0.05) is 18.3 Å². The van der Waals surface area contributed by atoms with Crippen molar-refractivity contribution in [2.45, 2.75) is 97.1 Å². The molecular weight excluding hydrogens is 352 g/mol. The fourth-order valence-electron chi connectivity index (χ4n) is 8.25. The summed E-state index contributed by atoms with van der Waals surface area (Å²) in [6.07, 6.45) is 9.31. The Kier molecular flexibility index (Phi) is 4.08. The third-order valence-corrected chi connectivity index (χ3v) is 9.53. The second-order valence-corrected chi connectivity index (χ2v) is 10.6. The number of carbonyl (C=O) groups excluding carboxylic acids is 2. The van der Waals surface area contributed by atoms with Crippen molar-refractivity contribution in [3.63, 3.8) is 0 Å². The van der Waals surface area contributed by atoms with E-state index in [0.717, 1.165) is 44.9 Å². The lowest BCUT2D eigenvalue weighted by atomic mass is 9.45. The van der Waals surface area contributed by atoms with Gasteiger partial charge in [-0.05, 0) is 68.8 Å². The van der Waals surface area contributed by atoms with Gasteiger partial charge < -0.3 is 9.47 Å². The van der Waals surface area contributed by atoms with Crippen LogP contribution in [0.3, 0.4) is 0 Å². The number of allylic oxidation sites excluding steroid dienone is 1. The average Bonchev–Trinajstić information content (AvgIpc) is 2.84. The molecule has 0 aromatic carbocycles. The van der Waals surface area contributed by atoms with Gasteiger partial charge in [-0.1, -0.05) is 26.3 Å². The van der Waals surface area contributed by atoms with E-state index in [2.05, 4.69) is 20.8 Å². The van der Waals surface area contributed by atoms with Crippen LogP contribution in [0.1, 0.15) is 79.1 Å². The lowest BCUT2D eigenvalue weighted by Gasteiger charge is -2.63. The monoisotopic (exact) mass is 386 g/mol. The van der Waals surface area contributed by atoms with Crippen LogP contribution >= 0.6 is 0 Å². The van der Waals surface area contributed by atoms with E-state index >= 15 is 0 Å². The zero-order valence-corrected chi connectivity index (χ0v) is 17.8. The van der Waals surface area contributed by atoms with E-state index in [1.54, 1.807) is 6.92 Å². The van der Waals surface area contributed by atoms with E-state index in [4.69, 9.17) is 9.47 Å². The van der Waals surface area contributed by atoms with E-state index < -0.39 is 0 Å². The predicted octanol–water partition coefficient (Wildman–Crippen LogP) is 4.61. The van der Waals surface area contributed by atoms with Crippen LogP contribution in [0.2, 0.25) is 0 Å². The summed E-state index contributed by atoms with van der Waals surface area (Å²) in [7, 11) is 0. The highest BCUT2D eigenvalue weighted by Crippen LogP contribution is 2.71. The molecule has 4 nitrogen and oxygen atoms in total. The maximum absolute atomic E-state index is 12.7. The SMILES string of the molecule is CC[C@H]1O[C@@H]2C[C@@]3(O1)[C@@H]1CCC4=CC(=O)CC[C@]4(C)[C@@H]1CC[C@]3(C)[C@@H]2C(C)=O. The Labute approximate surface area is 168 Å². The minimum Gasteiger partial charge on any atom is -0.349 e. The summed E-state index contributed by atoms with van der Waals surface area (Å²) in [4.78, 5) is 24.8. The number of fused-ring (bicyclic) bond motifs is 4. The molecule has 0 amide bonds. The number of Topliss-reactive ketones (excluding diaryl/α,β-unsaturated/α-hetero) is 1. The van der Waals surface area contributed by atoms with Crippen molar-refractivity contribution >= 4 is 11.6 Å². The summed E-state index contributed by atoms with van der Waals surface area (Å²) < 4.78 is 13.1. The average molecular weight is 387 g/mol. The Bertz CT molecular complexity index is 756. The van der Waals surface area contributed by atoms with Gasteiger partial charge in [0.25, 0.3) is 0 Å². The van der Waals surface area contributed by atoms with Crippen LogP contribution < -0.4 is 0 Å². The Morgan fingerprint density at radius 2 is 1.96 bits per heavy atom. The Balaban J connectivity index is 1.60. The first kappa shape index (κ1) is 19.0. The van der Waals surface area contributed by atoms with Crippen molar-refractivity contribution in [2.75, 3.05) is 0 Å². The van der Waals surface area contributed by atoms with Gasteiger partial charge in [-0.3, -0.25) is 9.59 Å². The van der Waals surface area contributed by atoms with Crippen LogP contribution in [0.25, 0.3) is 0 Å². The fraction of sp³-hybridized carbons (Fsp3) is 0.833. The maximum Gasteiger partial charge on any atom is 0.158 e. The quantitative estimate of drug-likeness (QED) is 0.695. The molecule has 1 saturated heterocycles. The topological polar surface area (TPSA) is 52.6 Å². The van der Waals surface area contributed by atoms with Crippen molar-refractivity contribution in [3.05, 3.63) is 11.6 Å². The Hall–Kier alpha value is -1.00. The van der Waals surface area contributed by atoms with Gasteiger partial charge in [-0.2, -0.15) is 0 Å². The first-order valence-electron chi connectivity index (χ1n) is 11.3. The molecule has 4 aliphatic carbocycles. The molecule has 28 heavy (non-hydrogen) atoms. The molecule has 0 N–H and O–H groups in total. The van der Waals surface area contributed by atoms with E-state index in [-0.39, 0.29) is 40.5 Å². The van der Waals surface area contributed by atoms with Gasteiger partial charge in [0.2, 0.25) is 0 Å². The van der Waals surface area contributed by atoms with Gasteiger partial charge >= 0.3 is 0 Å². The molecule has 5 aliphatic rings. The first-order chi connectivity index (χ1) is 13.2. The summed E-state index contributed by atoms with van der Waals surface area (Å²) in [5.41, 5.74) is 1.09. The number of rotatable bonds is 2. The van der Waals surface area contributed by atoms with E-state index in [0.29, 0.717) is 24.0 Å². The normalized spacial score (nSPS) is 52.4. The summed E-state index contributed by atoms with van der Waals surface area (Å²) in [5.74, 6) is 1.50. The molecule has 154 valence electrons. The third-order valence-electron chi connectivity index (χ3n) is 9.53. The minimum atomic E-state index is -0.258. The van der Waals surface area contributed by atoms with Gasteiger partial charge in [0.15, 0.2) is 12.1 Å². The minimum absolute atomic E-state index is 0.00220. The summed E-state index contributed by atoms with van der Waals surface area (Å²) in [6.45, 7) is 8.57. The zero-order valence-electron chi connectivity index (χ0n) is 17.8. The molecule has 1 spiro atoms. The highest BCUT2D eigenvalue weighted by Gasteiger charge is 2.73. The molecule has 1 heterocycles. The summed E-state index contributed by atoms with van der Waals surface area (Å²) in [6, 6.07) is 0. The second kappa shape index (κ2) is 6.01. The van der Waals surface area contributed by atoms with E-state index in [9.17, 15) is 9.59 Å². The number of ketones is 2. The fourth-order valence-corrected chi connectivity index (χ4v) is 8.25. The summed E-state index contributed by atoms with van der Waals surface area (Å²) >= 11 is 0. The highest BCUT2D eigenvalue weighted by atomic mass is 16.7. The van der Waals surface area contributed by atoms with Crippen molar-refractivity contribution in [1.82, 2.24) is 0 Å². The molecule has 4 heteroatoms. The van der Waals surface area contributed by atoms with Crippen LogP contribution in [-0.4, -0.2) is 29.6 Å². The molecule has 0 unspecified atom stereocenters. The predicted molar refractivity (Wildman–Crippen MR) is 106 cm³/mol. The van der Waals surface area contributed by atoms with Gasteiger partial charge in [0.05, 0.1) is 17.6 Å². The lowest BCUT2D eigenvalue weighted by molar-refractivity contribution is -0.309. The molecule has 3 saturated carbocycles. The van der Waals surface area contributed by atoms with Gasteiger partial charge in [0.1, 0.15) is 5.78 Å². The third kappa shape index (κ3) is 2.19. The second-order valence-electron chi connectivity index (χ2n) is 10.6. The number of carbonyl (C=O) groups is 2. The first-order valence-corrected chi connectivity index (χ1v) is 11.3. The van der Waals surface area contributed by atoms with Crippen LogP contribution in [0.15, 0.2) is 11.6 Å². The standard InChI is InChI=1S/C24H34O4/c1-5-20-27-19-13-24(28-20)18-7-6-15-12-16(26)8-10-22(15,3)17(18)9-11-23(24,4)21(19)14(2)25/h12,17-21H,5-11,13H2,1-4H3/t17-,18-,19-,20+,21-,22+,23-,24-/m1/s1. The van der Waals surface area contributed by atoms with Crippen LogP contribution in [0.5, 0.6) is 0 Å². The van der Waals surface area contributed by atoms with Crippen LogP contribution in [0.4, 0.5) is 0 Å². The molecule has 1 aliphatic heterocycles. The maximum atomic E-state index is 12.7. The van der Waals surface area contributed by atoms with Crippen LogP contribution in [-0.2, 0) is 19.1 Å². The van der Waals surface area contributed by atoms with E-state index in [1.807, 2.05) is 6.08 Å². The molecule has 8 atom stereocenters. The largest absolute Gasteiger partial charge is 0.349 e. The molecule has 5 rings (SSSR count).